The fraction of sp³-hybridized carbons (Fsp3) is 0.0769. The number of halogens is 3. The Balaban J connectivity index is 2.16. The number of nitrogen functional groups attached to an aromatic ring is 1. The fourth-order valence-electron chi connectivity index (χ4n) is 1.94. The predicted octanol–water partition coefficient (Wildman–Crippen LogP) is 3.00. The molecule has 0 aliphatic carbocycles. The lowest BCUT2D eigenvalue weighted by molar-refractivity contribution is -0.137. The second kappa shape index (κ2) is 4.22. The van der Waals surface area contributed by atoms with E-state index in [1.807, 2.05) is 0 Å². The monoisotopic (exact) mass is 278 g/mol. The van der Waals surface area contributed by atoms with E-state index in [9.17, 15) is 13.2 Å². The zero-order valence-electron chi connectivity index (χ0n) is 10.1. The summed E-state index contributed by atoms with van der Waals surface area (Å²) in [6, 6.07) is 8.20. The lowest BCUT2D eigenvalue weighted by Gasteiger charge is -2.07. The van der Waals surface area contributed by atoms with E-state index in [-0.39, 0.29) is 0 Å². The van der Waals surface area contributed by atoms with Gasteiger partial charge in [-0.3, -0.25) is 4.40 Å². The second-order valence-corrected chi connectivity index (χ2v) is 4.29. The minimum Gasteiger partial charge on any atom is -0.399 e. The van der Waals surface area contributed by atoms with Gasteiger partial charge < -0.3 is 5.73 Å². The Labute approximate surface area is 111 Å². The van der Waals surface area contributed by atoms with Crippen molar-refractivity contribution < 1.29 is 13.2 Å². The maximum absolute atomic E-state index is 12.7. The normalized spacial score (nSPS) is 11.9. The summed E-state index contributed by atoms with van der Waals surface area (Å²) in [6.45, 7) is 0. The summed E-state index contributed by atoms with van der Waals surface area (Å²) in [7, 11) is 0. The highest BCUT2D eigenvalue weighted by atomic mass is 19.4. The van der Waals surface area contributed by atoms with Crippen LogP contribution in [0.15, 0.2) is 42.6 Å². The van der Waals surface area contributed by atoms with E-state index < -0.39 is 11.7 Å². The lowest BCUT2D eigenvalue weighted by Crippen LogP contribution is -2.04. The highest BCUT2D eigenvalue weighted by molar-refractivity contribution is 5.62. The Hall–Kier alpha value is -2.57. The first-order valence-electron chi connectivity index (χ1n) is 5.73. The Morgan fingerprint density at radius 3 is 2.60 bits per heavy atom. The molecule has 7 heteroatoms. The molecule has 0 saturated carbocycles. The fourth-order valence-corrected chi connectivity index (χ4v) is 1.94. The van der Waals surface area contributed by atoms with E-state index in [1.54, 1.807) is 28.8 Å². The molecular weight excluding hydrogens is 269 g/mol. The topological polar surface area (TPSA) is 56.2 Å². The highest BCUT2D eigenvalue weighted by Crippen LogP contribution is 2.31. The number of fused-ring (bicyclic) bond motifs is 1. The van der Waals surface area contributed by atoms with Gasteiger partial charge in [0.2, 0.25) is 0 Å². The van der Waals surface area contributed by atoms with Gasteiger partial charge in [-0.25, -0.2) is 0 Å². The third kappa shape index (κ3) is 2.07. The number of alkyl halides is 3. The van der Waals surface area contributed by atoms with E-state index in [4.69, 9.17) is 5.73 Å². The number of nitrogens with two attached hydrogens (primary N) is 1. The van der Waals surface area contributed by atoms with Crippen LogP contribution in [-0.4, -0.2) is 14.6 Å². The molecule has 0 amide bonds. The molecule has 0 aliphatic heterocycles. The molecule has 2 aromatic heterocycles. The van der Waals surface area contributed by atoms with Crippen LogP contribution in [-0.2, 0) is 6.18 Å². The Morgan fingerprint density at radius 1 is 1.05 bits per heavy atom. The first kappa shape index (κ1) is 12.5. The van der Waals surface area contributed by atoms with Gasteiger partial charge in [-0.1, -0.05) is 12.1 Å². The number of rotatable bonds is 1. The Bertz CT molecular complexity index is 777. The van der Waals surface area contributed by atoms with Crippen LogP contribution in [0, 0.1) is 0 Å². The molecule has 2 N–H and O–H groups in total. The van der Waals surface area contributed by atoms with Crippen LogP contribution in [0.25, 0.3) is 17.0 Å². The van der Waals surface area contributed by atoms with Gasteiger partial charge in [0, 0.05) is 23.5 Å². The molecule has 0 aliphatic rings. The minimum atomic E-state index is -4.39. The molecule has 0 radical (unpaired) electrons. The number of hydrogen-bond donors (Lipinski definition) is 1. The first-order valence-corrected chi connectivity index (χ1v) is 5.73. The number of aromatic nitrogens is 3. The molecule has 0 bridgehead atoms. The van der Waals surface area contributed by atoms with Gasteiger partial charge in [0.25, 0.3) is 0 Å². The number of nitrogens with zero attached hydrogens (tertiary/aromatic N) is 3. The van der Waals surface area contributed by atoms with Crippen molar-refractivity contribution in [1.29, 1.82) is 0 Å². The van der Waals surface area contributed by atoms with Crippen LogP contribution in [0.1, 0.15) is 5.56 Å². The van der Waals surface area contributed by atoms with Crippen LogP contribution < -0.4 is 5.73 Å². The average molecular weight is 278 g/mol. The lowest BCUT2D eigenvalue weighted by atomic mass is 10.1. The molecular formula is C13H9F3N4. The standard InChI is InChI=1S/C13H9F3N4/c14-13(15,16)9-3-1-2-8(6-9)12-19-18-11-7-10(17)4-5-20(11)12/h1-7H,17H2. The van der Waals surface area contributed by atoms with Gasteiger partial charge in [0.05, 0.1) is 5.56 Å². The molecule has 4 nitrogen and oxygen atoms in total. The van der Waals surface area contributed by atoms with Crippen molar-refractivity contribution in [2.75, 3.05) is 5.73 Å². The molecule has 102 valence electrons. The predicted molar refractivity (Wildman–Crippen MR) is 67.8 cm³/mol. The maximum atomic E-state index is 12.7. The van der Waals surface area contributed by atoms with Gasteiger partial charge in [-0.05, 0) is 18.2 Å². The van der Waals surface area contributed by atoms with Crippen molar-refractivity contribution in [1.82, 2.24) is 14.6 Å². The summed E-state index contributed by atoms with van der Waals surface area (Å²) < 4.78 is 39.7. The van der Waals surface area contributed by atoms with Crippen molar-refractivity contribution in [3.8, 4) is 11.4 Å². The molecule has 2 heterocycles. The van der Waals surface area contributed by atoms with Gasteiger partial charge in [-0.15, -0.1) is 10.2 Å². The smallest absolute Gasteiger partial charge is 0.399 e. The average Bonchev–Trinajstić information content (AvgIpc) is 2.80. The molecule has 0 unspecified atom stereocenters. The number of pyridine rings is 1. The highest BCUT2D eigenvalue weighted by Gasteiger charge is 2.30. The molecule has 3 aromatic rings. The summed E-state index contributed by atoms with van der Waals surface area (Å²) in [5.74, 6) is 0.339. The van der Waals surface area contributed by atoms with Crippen LogP contribution in [0.5, 0.6) is 0 Å². The van der Waals surface area contributed by atoms with Crippen molar-refractivity contribution in [3.05, 3.63) is 48.2 Å². The summed E-state index contributed by atoms with van der Waals surface area (Å²) in [5.41, 5.74) is 6.25. The van der Waals surface area contributed by atoms with E-state index in [2.05, 4.69) is 10.2 Å². The summed E-state index contributed by atoms with van der Waals surface area (Å²) >= 11 is 0. The van der Waals surface area contributed by atoms with Gasteiger partial charge in [0.15, 0.2) is 11.5 Å². The van der Waals surface area contributed by atoms with E-state index in [0.717, 1.165) is 12.1 Å². The SMILES string of the molecule is Nc1ccn2c(-c3cccc(C(F)(F)F)c3)nnc2c1. The quantitative estimate of drug-likeness (QED) is 0.744. The number of anilines is 1. The van der Waals surface area contributed by atoms with Crippen molar-refractivity contribution in [2.45, 2.75) is 6.18 Å². The third-order valence-corrected chi connectivity index (χ3v) is 2.88. The van der Waals surface area contributed by atoms with Crippen LogP contribution in [0.2, 0.25) is 0 Å². The van der Waals surface area contributed by atoms with Gasteiger partial charge in [0.1, 0.15) is 0 Å². The van der Waals surface area contributed by atoms with E-state index in [0.29, 0.717) is 22.7 Å². The molecule has 0 atom stereocenters. The van der Waals surface area contributed by atoms with Crippen molar-refractivity contribution in [3.63, 3.8) is 0 Å². The maximum Gasteiger partial charge on any atom is 0.416 e. The molecule has 0 saturated heterocycles. The van der Waals surface area contributed by atoms with E-state index >= 15 is 0 Å². The molecule has 0 spiro atoms. The van der Waals surface area contributed by atoms with Crippen LogP contribution >= 0.6 is 0 Å². The van der Waals surface area contributed by atoms with E-state index in [1.165, 1.54) is 6.07 Å². The van der Waals surface area contributed by atoms with Crippen LogP contribution in [0.4, 0.5) is 18.9 Å². The minimum absolute atomic E-state index is 0.339. The summed E-state index contributed by atoms with van der Waals surface area (Å²) in [5, 5.41) is 7.82. The zero-order valence-corrected chi connectivity index (χ0v) is 10.1. The number of hydrogen-bond acceptors (Lipinski definition) is 3. The third-order valence-electron chi connectivity index (χ3n) is 2.88. The summed E-state index contributed by atoms with van der Waals surface area (Å²) in [4.78, 5) is 0. The summed E-state index contributed by atoms with van der Waals surface area (Å²) in [6.07, 6.45) is -2.76. The van der Waals surface area contributed by atoms with Gasteiger partial charge >= 0.3 is 6.18 Å². The molecule has 3 rings (SSSR count). The molecule has 0 fully saturated rings. The zero-order chi connectivity index (χ0) is 14.3. The number of benzene rings is 1. The first-order chi connectivity index (χ1) is 9.45. The Kier molecular flexibility index (Phi) is 2.63. The largest absolute Gasteiger partial charge is 0.416 e. The van der Waals surface area contributed by atoms with Crippen molar-refractivity contribution in [2.24, 2.45) is 0 Å². The van der Waals surface area contributed by atoms with Gasteiger partial charge in [-0.2, -0.15) is 13.2 Å². The molecule has 20 heavy (non-hydrogen) atoms. The molecule has 1 aromatic carbocycles. The van der Waals surface area contributed by atoms with Crippen LogP contribution in [0.3, 0.4) is 0 Å². The Morgan fingerprint density at radius 2 is 1.85 bits per heavy atom. The van der Waals surface area contributed by atoms with Crippen molar-refractivity contribution >= 4 is 11.3 Å². The second-order valence-electron chi connectivity index (χ2n) is 4.29.